The topological polar surface area (TPSA) is 71.4 Å². The first-order chi connectivity index (χ1) is 13.8. The van der Waals surface area contributed by atoms with E-state index < -0.39 is 0 Å². The molecular weight excluding hydrogens is 368 g/mol. The molecule has 1 aliphatic carbocycles. The maximum Gasteiger partial charge on any atom is 0.167 e. The lowest BCUT2D eigenvalue weighted by Gasteiger charge is -2.51. The fourth-order valence-electron chi connectivity index (χ4n) is 5.41. The number of rotatable bonds is 3. The highest BCUT2D eigenvalue weighted by Gasteiger charge is 2.48. The molecule has 1 N–H and O–H groups in total. The van der Waals surface area contributed by atoms with Gasteiger partial charge in [-0.2, -0.15) is 0 Å². The number of methoxy groups -OCH3 is 2. The Kier molecular flexibility index (Phi) is 4.83. The van der Waals surface area contributed by atoms with Gasteiger partial charge in [-0.3, -0.25) is 4.79 Å². The first-order valence-electron chi connectivity index (χ1n) is 10.3. The van der Waals surface area contributed by atoms with Crippen molar-refractivity contribution in [2.24, 2.45) is 16.5 Å². The van der Waals surface area contributed by atoms with Gasteiger partial charge in [0.05, 0.1) is 31.5 Å². The Balaban J connectivity index is 1.92. The molecule has 6 nitrogen and oxygen atoms in total. The van der Waals surface area contributed by atoms with Gasteiger partial charge in [-0.25, -0.2) is 0 Å². The first kappa shape index (κ1) is 19.8. The Morgan fingerprint density at radius 2 is 1.90 bits per heavy atom. The average molecular weight is 399 g/mol. The second-order valence-electron chi connectivity index (χ2n) is 9.06. The van der Waals surface area contributed by atoms with Gasteiger partial charge in [0.2, 0.25) is 0 Å². The van der Waals surface area contributed by atoms with Crippen LogP contribution in [0, 0.1) is 11.3 Å². The number of Topliss-reactive ketones (excluding diaryl/α,β-unsaturated/α-hetero) is 1. The number of carbonyl (C=O) groups is 1. The summed E-state index contributed by atoms with van der Waals surface area (Å²) in [7, 11) is 3.30. The highest BCUT2D eigenvalue weighted by molar-refractivity contribution is 6.24. The molecule has 0 radical (unpaired) electrons. The van der Waals surface area contributed by atoms with Crippen molar-refractivity contribution in [2.45, 2.75) is 52.5 Å². The number of carbonyl (C=O) groups excluding carboxylic acids is 1. The molecule has 2 unspecified atom stereocenters. The molecule has 2 heterocycles. The Bertz CT molecular complexity index is 916. The predicted molar refractivity (Wildman–Crippen MR) is 111 cm³/mol. The first-order valence-corrected chi connectivity index (χ1v) is 10.3. The van der Waals surface area contributed by atoms with Gasteiger partial charge in [0.25, 0.3) is 0 Å². The molecular formula is C23H30N2O4. The van der Waals surface area contributed by atoms with Crippen LogP contribution in [0.25, 0.3) is 0 Å². The SMILES string of the molecule is CCC1C(=NO)C2=C(CC(C)(C)CC2=O)N2CCc3cc(OC)c(OC)cc3C12. The zero-order valence-corrected chi connectivity index (χ0v) is 17.9. The minimum Gasteiger partial charge on any atom is -0.493 e. The highest BCUT2D eigenvalue weighted by atomic mass is 16.5. The van der Waals surface area contributed by atoms with Crippen LogP contribution in [0.3, 0.4) is 0 Å². The van der Waals surface area contributed by atoms with Gasteiger partial charge in [-0.15, -0.1) is 0 Å². The van der Waals surface area contributed by atoms with E-state index in [2.05, 4.69) is 43.0 Å². The van der Waals surface area contributed by atoms with Crippen LogP contribution < -0.4 is 9.47 Å². The van der Waals surface area contributed by atoms with Crippen LogP contribution in [0.2, 0.25) is 0 Å². The van der Waals surface area contributed by atoms with E-state index in [1.807, 2.05) is 0 Å². The van der Waals surface area contributed by atoms with Gasteiger partial charge in [0.15, 0.2) is 17.3 Å². The van der Waals surface area contributed by atoms with Crippen LogP contribution in [-0.2, 0) is 11.2 Å². The van der Waals surface area contributed by atoms with Crippen molar-refractivity contribution in [3.05, 3.63) is 34.5 Å². The van der Waals surface area contributed by atoms with Crippen LogP contribution in [0.4, 0.5) is 0 Å². The molecule has 1 aromatic rings. The molecule has 2 aliphatic heterocycles. The number of hydrogen-bond acceptors (Lipinski definition) is 6. The second-order valence-corrected chi connectivity index (χ2v) is 9.06. The fraction of sp³-hybridized carbons (Fsp3) is 0.565. The Morgan fingerprint density at radius 1 is 1.21 bits per heavy atom. The molecule has 6 heteroatoms. The number of oxime groups is 1. The fourth-order valence-corrected chi connectivity index (χ4v) is 5.41. The van der Waals surface area contributed by atoms with Crippen LogP contribution in [0.1, 0.15) is 57.2 Å². The Hall–Kier alpha value is -2.50. The van der Waals surface area contributed by atoms with Crippen molar-refractivity contribution in [2.75, 3.05) is 20.8 Å². The third kappa shape index (κ3) is 3.00. The molecule has 0 fully saturated rings. The summed E-state index contributed by atoms with van der Waals surface area (Å²) >= 11 is 0. The zero-order valence-electron chi connectivity index (χ0n) is 17.9. The number of hydrogen-bond donors (Lipinski definition) is 1. The maximum atomic E-state index is 13.1. The summed E-state index contributed by atoms with van der Waals surface area (Å²) in [5.41, 5.74) is 4.53. The number of nitrogens with zero attached hydrogens (tertiary/aromatic N) is 2. The Labute approximate surface area is 172 Å². The van der Waals surface area contributed by atoms with Gasteiger partial charge in [0.1, 0.15) is 0 Å². The summed E-state index contributed by atoms with van der Waals surface area (Å²) in [5, 5.41) is 13.6. The number of allylic oxidation sites excluding steroid dienone is 2. The quantitative estimate of drug-likeness (QED) is 0.613. The number of fused-ring (bicyclic) bond motifs is 4. The standard InChI is InChI=1S/C23H30N2O4/c1-6-14-21(24-27)20-16(11-23(2,3)12-17(20)26)25-8-7-13-9-18(28-4)19(29-5)10-15(13)22(14)25/h9-10,14,22,27H,6-8,11-12H2,1-5H3. The van der Waals surface area contributed by atoms with Crippen LogP contribution in [0.5, 0.6) is 11.5 Å². The summed E-state index contributed by atoms with van der Waals surface area (Å²) in [5.74, 6) is 1.47. The number of benzene rings is 1. The number of ketones is 1. The van der Waals surface area contributed by atoms with E-state index >= 15 is 0 Å². The average Bonchev–Trinajstić information content (AvgIpc) is 2.70. The molecule has 29 heavy (non-hydrogen) atoms. The van der Waals surface area contributed by atoms with Gasteiger partial charge in [0, 0.05) is 24.6 Å². The van der Waals surface area contributed by atoms with Gasteiger partial charge in [-0.05, 0) is 47.9 Å². The highest BCUT2D eigenvalue weighted by Crippen LogP contribution is 2.51. The molecule has 0 spiro atoms. The lowest BCUT2D eigenvalue weighted by atomic mass is 9.67. The molecule has 2 atom stereocenters. The molecule has 1 aromatic carbocycles. The van der Waals surface area contributed by atoms with E-state index in [0.29, 0.717) is 23.5 Å². The van der Waals surface area contributed by atoms with Crippen LogP contribution in [0.15, 0.2) is 28.6 Å². The van der Waals surface area contributed by atoms with Crippen molar-refractivity contribution < 1.29 is 19.5 Å². The van der Waals surface area contributed by atoms with Crippen molar-refractivity contribution in [3.63, 3.8) is 0 Å². The van der Waals surface area contributed by atoms with Crippen molar-refractivity contribution in [1.29, 1.82) is 0 Å². The molecule has 0 amide bonds. The molecule has 0 aromatic heterocycles. The van der Waals surface area contributed by atoms with Crippen LogP contribution in [-0.4, -0.2) is 42.4 Å². The molecule has 0 saturated carbocycles. The number of ether oxygens (including phenoxy) is 2. The largest absolute Gasteiger partial charge is 0.493 e. The van der Waals surface area contributed by atoms with Gasteiger partial charge < -0.3 is 19.6 Å². The monoisotopic (exact) mass is 398 g/mol. The molecule has 0 saturated heterocycles. The third-order valence-electron chi connectivity index (χ3n) is 6.66. The van der Waals surface area contributed by atoms with Crippen LogP contribution >= 0.6 is 0 Å². The summed E-state index contributed by atoms with van der Waals surface area (Å²) in [6.07, 6.45) is 2.95. The molecule has 4 rings (SSSR count). The third-order valence-corrected chi connectivity index (χ3v) is 6.66. The summed E-state index contributed by atoms with van der Waals surface area (Å²) in [6.45, 7) is 7.20. The van der Waals surface area contributed by atoms with Crippen molar-refractivity contribution in [3.8, 4) is 11.5 Å². The summed E-state index contributed by atoms with van der Waals surface area (Å²) in [6, 6.07) is 4.15. The lowest BCUT2D eigenvalue weighted by molar-refractivity contribution is -0.118. The van der Waals surface area contributed by atoms with Crippen molar-refractivity contribution in [1.82, 2.24) is 4.90 Å². The van der Waals surface area contributed by atoms with E-state index in [4.69, 9.17) is 9.47 Å². The maximum absolute atomic E-state index is 13.1. The summed E-state index contributed by atoms with van der Waals surface area (Å²) in [4.78, 5) is 15.5. The lowest BCUT2D eigenvalue weighted by Crippen LogP contribution is -2.50. The van der Waals surface area contributed by atoms with E-state index in [1.54, 1.807) is 14.2 Å². The minimum atomic E-state index is -0.0992. The smallest absolute Gasteiger partial charge is 0.167 e. The molecule has 3 aliphatic rings. The minimum absolute atomic E-state index is 0.0231. The van der Waals surface area contributed by atoms with E-state index in [9.17, 15) is 10.0 Å². The van der Waals surface area contributed by atoms with Gasteiger partial charge in [-0.1, -0.05) is 25.9 Å². The predicted octanol–water partition coefficient (Wildman–Crippen LogP) is 4.12. The normalized spacial score (nSPS) is 26.7. The van der Waals surface area contributed by atoms with E-state index in [-0.39, 0.29) is 23.2 Å². The Morgan fingerprint density at radius 3 is 2.52 bits per heavy atom. The molecule has 0 bridgehead atoms. The van der Waals surface area contributed by atoms with Crippen molar-refractivity contribution >= 4 is 11.5 Å². The van der Waals surface area contributed by atoms with E-state index in [1.165, 1.54) is 11.1 Å². The zero-order chi connectivity index (χ0) is 20.9. The van der Waals surface area contributed by atoms with E-state index in [0.717, 1.165) is 37.3 Å². The molecule has 156 valence electrons. The van der Waals surface area contributed by atoms with Gasteiger partial charge >= 0.3 is 0 Å². The second kappa shape index (κ2) is 7.08. The summed E-state index contributed by atoms with van der Waals surface area (Å²) < 4.78 is 11.1.